The summed E-state index contributed by atoms with van der Waals surface area (Å²) in [5.74, 6) is 2.72. The van der Waals surface area contributed by atoms with E-state index in [1.54, 1.807) is 0 Å². The van der Waals surface area contributed by atoms with Gasteiger partial charge in [-0.25, -0.2) is 0 Å². The number of hydrogen-bond donors (Lipinski definition) is 4. The van der Waals surface area contributed by atoms with Crippen LogP contribution in [0.25, 0.3) is 0 Å². The Labute approximate surface area is 323 Å². The minimum atomic E-state index is 0.213. The second-order valence-corrected chi connectivity index (χ2v) is 13.2. The van der Waals surface area contributed by atoms with Crippen molar-refractivity contribution < 1.29 is 0 Å². The third-order valence-electron chi connectivity index (χ3n) is 10.1. The fourth-order valence-corrected chi connectivity index (χ4v) is 7.73. The SMILES string of the molecule is N#Cc1c2[nH]c(c1C#N)[C+](c1ccccc1)c1ccc([nH]1)[C+](c1ccccc1)c1[nH]c(c(C#N)c1C#N)[C+](c1ccccc1)c1ccc([nH]1)[C+]2c1ccccc1. The lowest BCUT2D eigenvalue weighted by molar-refractivity contribution is 1.00. The number of nitrogens with one attached hydrogen (secondary N) is 4. The van der Waals surface area contributed by atoms with Gasteiger partial charge in [0.2, 0.25) is 0 Å². The third kappa shape index (κ3) is 5.36. The molecule has 0 unspecified atom stereocenters. The normalized spacial score (nSPS) is 12.1. The maximum absolute atomic E-state index is 10.8. The Balaban J connectivity index is 1.42. The number of nitriles is 4. The molecule has 256 valence electrons. The zero-order chi connectivity index (χ0) is 38.2. The lowest BCUT2D eigenvalue weighted by atomic mass is 9.88. The number of aromatic nitrogens is 4. The van der Waals surface area contributed by atoms with Gasteiger partial charge in [0, 0.05) is 48.5 Å². The second kappa shape index (κ2) is 13.8. The fraction of sp³-hybridized carbons (Fsp3) is 0. The van der Waals surface area contributed by atoms with E-state index >= 15 is 0 Å². The van der Waals surface area contributed by atoms with Gasteiger partial charge in [0.1, 0.15) is 69.2 Å². The molecule has 0 spiro atoms. The van der Waals surface area contributed by atoms with Crippen LogP contribution in [0.1, 0.15) is 90.1 Å². The van der Waals surface area contributed by atoms with Crippen LogP contribution in [0.5, 0.6) is 0 Å². The summed E-state index contributed by atoms with van der Waals surface area (Å²) in [6, 6.07) is 56.1. The average molecular weight is 717 g/mol. The number of fused-ring (bicyclic) bond motifs is 8. The Bertz CT molecular complexity index is 2480. The maximum atomic E-state index is 10.8. The summed E-state index contributed by atoms with van der Waals surface area (Å²) < 4.78 is 0. The Morgan fingerprint density at radius 3 is 0.696 bits per heavy atom. The van der Waals surface area contributed by atoms with E-state index in [9.17, 15) is 21.0 Å². The number of H-pyrrole nitrogens is 4. The number of rotatable bonds is 4. The van der Waals surface area contributed by atoms with Crippen molar-refractivity contribution in [2.45, 2.75) is 0 Å². The van der Waals surface area contributed by atoms with Crippen molar-refractivity contribution in [3.8, 4) is 24.3 Å². The second-order valence-electron chi connectivity index (χ2n) is 13.2. The third-order valence-corrected chi connectivity index (χ3v) is 10.1. The van der Waals surface area contributed by atoms with E-state index < -0.39 is 0 Å². The van der Waals surface area contributed by atoms with Crippen molar-refractivity contribution in [2.24, 2.45) is 0 Å². The van der Waals surface area contributed by atoms with E-state index in [1.807, 2.05) is 146 Å². The largest absolute Gasteiger partial charge is 0.327 e. The zero-order valence-corrected chi connectivity index (χ0v) is 29.6. The maximum Gasteiger partial charge on any atom is 0.185 e. The van der Waals surface area contributed by atoms with Gasteiger partial charge in [0.25, 0.3) is 0 Å². The first-order valence-electron chi connectivity index (χ1n) is 17.9. The van der Waals surface area contributed by atoms with Crippen LogP contribution in [0.15, 0.2) is 146 Å². The molecule has 8 heteroatoms. The number of nitrogens with zero attached hydrogens (tertiary/aromatic N) is 4. The predicted molar refractivity (Wildman–Crippen MR) is 210 cm³/mol. The van der Waals surface area contributed by atoms with Gasteiger partial charge in [0.15, 0.2) is 46.5 Å². The standard InChI is InChI=1S/C48H28N8/c49-25-33-34(26-50)46-43(31-17-9-3-10-18-31)39-23-24-40(54-39)44(32-19-11-4-12-20-32)48-36(28-52)35(27-51)47(56-48)42(30-15-7-2-8-16-30)38-22-21-37(53-38)41(45(33)55-46)29-13-5-1-6-14-29/h1-24,53-56H/q+4. The first-order chi connectivity index (χ1) is 27.6. The van der Waals surface area contributed by atoms with E-state index in [4.69, 9.17) is 0 Å². The van der Waals surface area contributed by atoms with Crippen LogP contribution in [0.3, 0.4) is 0 Å². The molecule has 0 radical (unpaired) electrons. The zero-order valence-electron chi connectivity index (χ0n) is 29.6. The molecule has 56 heavy (non-hydrogen) atoms. The van der Waals surface area contributed by atoms with Crippen LogP contribution in [0.2, 0.25) is 0 Å². The molecule has 9 rings (SSSR count). The quantitative estimate of drug-likeness (QED) is 0.134. The molecule has 0 atom stereocenters. The van der Waals surface area contributed by atoms with E-state index in [-0.39, 0.29) is 22.3 Å². The molecule has 4 N–H and O–H groups in total. The lowest BCUT2D eigenvalue weighted by Crippen LogP contribution is -2.12. The van der Waals surface area contributed by atoms with Crippen molar-refractivity contribution >= 4 is 0 Å². The highest BCUT2D eigenvalue weighted by atomic mass is 14.9. The molecule has 1 aliphatic heterocycles. The molecule has 0 fully saturated rings. The predicted octanol–water partition coefficient (Wildman–Crippen LogP) is 8.88. The summed E-state index contributed by atoms with van der Waals surface area (Å²) in [6.07, 6.45) is 0. The van der Waals surface area contributed by atoms with Crippen LogP contribution >= 0.6 is 0 Å². The summed E-state index contributed by atoms with van der Waals surface area (Å²) >= 11 is 0. The summed E-state index contributed by atoms with van der Waals surface area (Å²) in [4.78, 5) is 14.4. The first-order valence-corrected chi connectivity index (χ1v) is 17.9. The van der Waals surface area contributed by atoms with Crippen molar-refractivity contribution in [2.75, 3.05) is 0 Å². The molecule has 5 heterocycles. The van der Waals surface area contributed by atoms with E-state index in [2.05, 4.69) is 44.2 Å². The molecule has 0 saturated carbocycles. The van der Waals surface area contributed by atoms with Crippen molar-refractivity contribution in [1.82, 2.24) is 19.9 Å². The highest BCUT2D eigenvalue weighted by Crippen LogP contribution is 2.44. The van der Waals surface area contributed by atoms with Gasteiger partial charge in [-0.3, -0.25) is 0 Å². The van der Waals surface area contributed by atoms with Gasteiger partial charge in [-0.05, 0) is 72.8 Å². The number of benzene rings is 4. The molecule has 0 saturated heterocycles. The summed E-state index contributed by atoms with van der Waals surface area (Å²) in [5, 5.41) is 43.3. The Morgan fingerprint density at radius 1 is 0.286 bits per heavy atom. The molecule has 0 aliphatic carbocycles. The monoisotopic (exact) mass is 716 g/mol. The molecular formula is C48H28N8+4. The van der Waals surface area contributed by atoms with Crippen LogP contribution in [0.4, 0.5) is 0 Å². The summed E-state index contributed by atoms with van der Waals surface area (Å²) in [7, 11) is 0. The van der Waals surface area contributed by atoms with Crippen LogP contribution in [-0.2, 0) is 0 Å². The Morgan fingerprint density at radius 2 is 0.500 bits per heavy atom. The molecule has 0 amide bonds. The number of aromatic amines is 4. The van der Waals surface area contributed by atoms with Crippen molar-refractivity contribution in [3.63, 3.8) is 0 Å². The van der Waals surface area contributed by atoms with Crippen molar-refractivity contribution in [1.29, 1.82) is 21.0 Å². The van der Waals surface area contributed by atoms with Gasteiger partial charge in [-0.1, -0.05) is 0 Å². The first kappa shape index (κ1) is 33.3. The van der Waals surface area contributed by atoms with Gasteiger partial charge < -0.3 is 19.9 Å². The van der Waals surface area contributed by atoms with Crippen LogP contribution in [-0.4, -0.2) is 19.9 Å². The molecule has 8 aromatic rings. The molecule has 4 aromatic heterocycles. The topological polar surface area (TPSA) is 158 Å². The Kier molecular flexibility index (Phi) is 8.19. The average Bonchev–Trinajstić information content (AvgIpc) is 4.06. The summed E-state index contributed by atoms with van der Waals surface area (Å²) in [6.45, 7) is 0. The van der Waals surface area contributed by atoms with E-state index in [0.29, 0.717) is 69.2 Å². The van der Waals surface area contributed by atoms with Crippen molar-refractivity contribution in [3.05, 3.63) is 259 Å². The van der Waals surface area contributed by atoms with E-state index in [1.165, 1.54) is 0 Å². The molecule has 8 nitrogen and oxygen atoms in total. The highest BCUT2D eigenvalue weighted by molar-refractivity contribution is 5.73. The van der Waals surface area contributed by atoms with E-state index in [0.717, 1.165) is 22.3 Å². The van der Waals surface area contributed by atoms with Crippen LogP contribution in [0, 0.1) is 69.0 Å². The minimum Gasteiger partial charge on any atom is -0.327 e. The smallest absolute Gasteiger partial charge is 0.185 e. The molecule has 4 aromatic carbocycles. The molecule has 1 aliphatic rings. The van der Waals surface area contributed by atoms with Crippen LogP contribution < -0.4 is 0 Å². The summed E-state index contributed by atoms with van der Waals surface area (Å²) in [5.41, 5.74) is 8.72. The van der Waals surface area contributed by atoms with Gasteiger partial charge >= 0.3 is 0 Å². The Hall–Kier alpha value is -8.56. The van der Waals surface area contributed by atoms with Gasteiger partial charge in [0.05, 0.1) is 46.5 Å². The number of hydrogen-bond acceptors (Lipinski definition) is 4. The minimum absolute atomic E-state index is 0.213. The highest BCUT2D eigenvalue weighted by Gasteiger charge is 2.44. The molecule has 8 bridgehead atoms. The molecular weight excluding hydrogens is 689 g/mol. The lowest BCUT2D eigenvalue weighted by Gasteiger charge is -2.13. The van der Waals surface area contributed by atoms with Gasteiger partial charge in [-0.15, -0.1) is 0 Å². The van der Waals surface area contributed by atoms with Gasteiger partial charge in [-0.2, -0.15) is 21.0 Å². The fourth-order valence-electron chi connectivity index (χ4n) is 7.73.